The van der Waals surface area contributed by atoms with E-state index in [1.54, 1.807) is 16.5 Å². The number of hydrogen-bond donors (Lipinski definition) is 2. The second-order valence-electron chi connectivity index (χ2n) is 5.35. The lowest BCUT2D eigenvalue weighted by Crippen LogP contribution is -2.41. The summed E-state index contributed by atoms with van der Waals surface area (Å²) in [5, 5.41) is 5.42. The van der Waals surface area contributed by atoms with Crippen molar-refractivity contribution in [1.82, 2.24) is 14.9 Å². The number of carbonyl (C=O) groups is 2. The van der Waals surface area contributed by atoms with Crippen LogP contribution in [0.2, 0.25) is 0 Å². The fourth-order valence-corrected chi connectivity index (χ4v) is 3.20. The molecule has 0 atom stereocenters. The van der Waals surface area contributed by atoms with Crippen molar-refractivity contribution in [2.45, 2.75) is 12.8 Å². The number of primary amides is 1. The first kappa shape index (κ1) is 15.4. The number of thiazole rings is 1. The molecule has 23 heavy (non-hydrogen) atoms. The Labute approximate surface area is 137 Å². The van der Waals surface area contributed by atoms with E-state index in [1.807, 2.05) is 18.2 Å². The highest BCUT2D eigenvalue weighted by molar-refractivity contribution is 7.14. The summed E-state index contributed by atoms with van der Waals surface area (Å²) in [7, 11) is 0. The van der Waals surface area contributed by atoms with E-state index in [0.29, 0.717) is 42.6 Å². The monoisotopic (exact) mass is 331 g/mol. The molecule has 1 fully saturated rings. The molecule has 0 radical (unpaired) electrons. The Kier molecular flexibility index (Phi) is 4.52. The van der Waals surface area contributed by atoms with Crippen molar-refractivity contribution in [2.24, 2.45) is 11.7 Å². The Hall–Kier alpha value is -2.48. The first-order chi connectivity index (χ1) is 11.1. The summed E-state index contributed by atoms with van der Waals surface area (Å²) in [6, 6.07) is 5.53. The third kappa shape index (κ3) is 3.65. The Morgan fingerprint density at radius 3 is 2.74 bits per heavy atom. The molecule has 3 heterocycles. The van der Waals surface area contributed by atoms with E-state index in [-0.39, 0.29) is 17.7 Å². The number of piperidine rings is 1. The van der Waals surface area contributed by atoms with Crippen molar-refractivity contribution in [3.05, 3.63) is 35.5 Å². The van der Waals surface area contributed by atoms with E-state index in [1.165, 1.54) is 11.3 Å². The zero-order chi connectivity index (χ0) is 16.2. The first-order valence-corrected chi connectivity index (χ1v) is 8.23. The molecule has 120 valence electrons. The number of nitrogens with two attached hydrogens (primary N) is 1. The van der Waals surface area contributed by atoms with Crippen molar-refractivity contribution in [2.75, 3.05) is 18.4 Å². The molecule has 0 aliphatic carbocycles. The average molecular weight is 331 g/mol. The highest BCUT2D eigenvalue weighted by Gasteiger charge is 2.27. The number of hydrogen-bond acceptors (Lipinski definition) is 6. The van der Waals surface area contributed by atoms with Crippen LogP contribution in [0.3, 0.4) is 0 Å². The van der Waals surface area contributed by atoms with Crippen molar-refractivity contribution in [3.63, 3.8) is 0 Å². The first-order valence-electron chi connectivity index (χ1n) is 7.35. The van der Waals surface area contributed by atoms with Crippen molar-refractivity contribution < 1.29 is 9.59 Å². The molecule has 2 amide bonds. The van der Waals surface area contributed by atoms with Crippen LogP contribution < -0.4 is 11.1 Å². The molecular formula is C15H17N5O2S. The minimum Gasteiger partial charge on any atom is -0.369 e. The maximum atomic E-state index is 12.5. The van der Waals surface area contributed by atoms with E-state index >= 15 is 0 Å². The predicted molar refractivity (Wildman–Crippen MR) is 87.5 cm³/mol. The summed E-state index contributed by atoms with van der Waals surface area (Å²) < 4.78 is 0. The zero-order valence-electron chi connectivity index (χ0n) is 12.4. The molecule has 0 bridgehead atoms. The Balaban J connectivity index is 1.62. The second kappa shape index (κ2) is 6.74. The minimum atomic E-state index is -0.285. The lowest BCUT2D eigenvalue weighted by Gasteiger charge is -2.30. The third-order valence-corrected chi connectivity index (χ3v) is 4.57. The van der Waals surface area contributed by atoms with Crippen molar-refractivity contribution in [3.8, 4) is 0 Å². The third-order valence-electron chi connectivity index (χ3n) is 3.81. The van der Waals surface area contributed by atoms with Crippen LogP contribution in [0.5, 0.6) is 0 Å². The van der Waals surface area contributed by atoms with Gasteiger partial charge in [-0.25, -0.2) is 9.97 Å². The van der Waals surface area contributed by atoms with Gasteiger partial charge in [0.15, 0.2) is 5.13 Å². The molecule has 2 aromatic heterocycles. The van der Waals surface area contributed by atoms with E-state index in [4.69, 9.17) is 5.73 Å². The number of likely N-dealkylation sites (tertiary alicyclic amines) is 1. The normalized spacial score (nSPS) is 15.4. The summed E-state index contributed by atoms with van der Waals surface area (Å²) in [4.78, 5) is 33.8. The lowest BCUT2D eigenvalue weighted by atomic mass is 9.96. The molecule has 0 aromatic carbocycles. The molecule has 0 unspecified atom stereocenters. The minimum absolute atomic E-state index is 0.113. The Morgan fingerprint density at radius 1 is 1.30 bits per heavy atom. The number of nitrogens with one attached hydrogen (secondary N) is 1. The van der Waals surface area contributed by atoms with Gasteiger partial charge in [0, 0.05) is 30.6 Å². The summed E-state index contributed by atoms with van der Waals surface area (Å²) in [6.07, 6.45) is 2.92. The molecule has 3 N–H and O–H groups in total. The second-order valence-corrected chi connectivity index (χ2v) is 6.20. The summed E-state index contributed by atoms with van der Waals surface area (Å²) in [5.41, 5.74) is 5.72. The van der Waals surface area contributed by atoms with Gasteiger partial charge in [0.25, 0.3) is 5.91 Å². The van der Waals surface area contributed by atoms with Gasteiger partial charge in [0.2, 0.25) is 5.91 Å². The largest absolute Gasteiger partial charge is 0.369 e. The molecule has 0 spiro atoms. The van der Waals surface area contributed by atoms with Crippen LogP contribution in [-0.4, -0.2) is 39.8 Å². The van der Waals surface area contributed by atoms with Crippen LogP contribution in [-0.2, 0) is 4.79 Å². The van der Waals surface area contributed by atoms with Crippen molar-refractivity contribution in [1.29, 1.82) is 0 Å². The van der Waals surface area contributed by atoms with Gasteiger partial charge in [-0.1, -0.05) is 6.07 Å². The smallest absolute Gasteiger partial charge is 0.273 e. The van der Waals surface area contributed by atoms with Gasteiger partial charge in [0.1, 0.15) is 11.5 Å². The molecule has 8 heteroatoms. The SMILES string of the molecule is NC(=O)C1CCN(C(=O)c2csc(Nc3ccccn3)n2)CC1. The van der Waals surface area contributed by atoms with Gasteiger partial charge in [-0.3, -0.25) is 9.59 Å². The quantitative estimate of drug-likeness (QED) is 0.886. The van der Waals surface area contributed by atoms with Gasteiger partial charge in [-0.2, -0.15) is 0 Å². The molecule has 0 saturated carbocycles. The van der Waals surface area contributed by atoms with Crippen LogP contribution in [0.4, 0.5) is 10.9 Å². The highest BCUT2D eigenvalue weighted by atomic mass is 32.1. The number of aromatic nitrogens is 2. The predicted octanol–water partition coefficient (Wildman–Crippen LogP) is 1.62. The summed E-state index contributed by atoms with van der Waals surface area (Å²) in [5.74, 6) is 0.157. The molecule has 1 aliphatic heterocycles. The van der Waals surface area contributed by atoms with Crippen LogP contribution >= 0.6 is 11.3 Å². The van der Waals surface area contributed by atoms with E-state index in [2.05, 4.69) is 15.3 Å². The number of anilines is 2. The fourth-order valence-electron chi connectivity index (χ4n) is 2.50. The van der Waals surface area contributed by atoms with E-state index in [9.17, 15) is 9.59 Å². The van der Waals surface area contributed by atoms with Gasteiger partial charge in [-0.15, -0.1) is 11.3 Å². The molecule has 1 saturated heterocycles. The van der Waals surface area contributed by atoms with Gasteiger partial charge in [0.05, 0.1) is 0 Å². The Bertz CT molecular complexity index is 695. The van der Waals surface area contributed by atoms with Crippen LogP contribution in [0.15, 0.2) is 29.8 Å². The van der Waals surface area contributed by atoms with Gasteiger partial charge < -0.3 is 16.0 Å². The molecular weight excluding hydrogens is 314 g/mol. The number of rotatable bonds is 4. The average Bonchev–Trinajstić information content (AvgIpc) is 3.03. The number of carbonyl (C=O) groups excluding carboxylic acids is 2. The number of nitrogens with zero attached hydrogens (tertiary/aromatic N) is 3. The number of pyridine rings is 1. The lowest BCUT2D eigenvalue weighted by molar-refractivity contribution is -0.123. The maximum absolute atomic E-state index is 12.5. The number of amides is 2. The van der Waals surface area contributed by atoms with Gasteiger partial charge in [-0.05, 0) is 25.0 Å². The zero-order valence-corrected chi connectivity index (χ0v) is 13.3. The van der Waals surface area contributed by atoms with Crippen LogP contribution in [0.25, 0.3) is 0 Å². The molecule has 3 rings (SSSR count). The van der Waals surface area contributed by atoms with Crippen LogP contribution in [0.1, 0.15) is 23.3 Å². The standard InChI is InChI=1S/C15H17N5O2S/c16-13(21)10-4-7-20(8-5-10)14(22)11-9-23-15(18-11)19-12-3-1-2-6-17-12/h1-3,6,9-10H,4-5,7-8H2,(H2,16,21)(H,17,18,19). The van der Waals surface area contributed by atoms with Gasteiger partial charge >= 0.3 is 0 Å². The van der Waals surface area contributed by atoms with Crippen molar-refractivity contribution >= 4 is 34.1 Å². The Morgan fingerprint density at radius 2 is 2.09 bits per heavy atom. The summed E-state index contributed by atoms with van der Waals surface area (Å²) in [6.45, 7) is 1.07. The molecule has 1 aliphatic rings. The highest BCUT2D eigenvalue weighted by Crippen LogP contribution is 2.22. The molecule has 7 nitrogen and oxygen atoms in total. The maximum Gasteiger partial charge on any atom is 0.273 e. The molecule has 2 aromatic rings. The summed E-state index contributed by atoms with van der Waals surface area (Å²) >= 11 is 1.36. The van der Waals surface area contributed by atoms with E-state index < -0.39 is 0 Å². The topological polar surface area (TPSA) is 101 Å². The van der Waals surface area contributed by atoms with E-state index in [0.717, 1.165) is 0 Å². The fraction of sp³-hybridized carbons (Fsp3) is 0.333. The van der Waals surface area contributed by atoms with Crippen LogP contribution in [0, 0.1) is 5.92 Å².